The van der Waals surface area contributed by atoms with Crippen molar-refractivity contribution >= 4 is 17.0 Å². The Labute approximate surface area is 191 Å². The Morgan fingerprint density at radius 2 is 1.97 bits per heavy atom. The summed E-state index contributed by atoms with van der Waals surface area (Å²) in [6, 6.07) is 0.289. The van der Waals surface area contributed by atoms with Crippen molar-refractivity contribution in [3.63, 3.8) is 0 Å². The fourth-order valence-corrected chi connectivity index (χ4v) is 3.86. The number of aromatic nitrogens is 4. The highest BCUT2D eigenvalue weighted by atomic mass is 19.4. The largest absolute Gasteiger partial charge is 0.503 e. The van der Waals surface area contributed by atoms with Crippen molar-refractivity contribution in [3.8, 4) is 17.0 Å². The molecular formula is C21H23F5N6O2. The lowest BCUT2D eigenvalue weighted by Gasteiger charge is -2.33. The molecule has 8 nitrogen and oxygen atoms in total. The van der Waals surface area contributed by atoms with Gasteiger partial charge in [0.05, 0.1) is 23.7 Å². The Morgan fingerprint density at radius 1 is 1.24 bits per heavy atom. The van der Waals surface area contributed by atoms with E-state index in [0.29, 0.717) is 25.6 Å². The number of alkyl halides is 3. The van der Waals surface area contributed by atoms with Crippen LogP contribution < -0.4 is 4.90 Å². The second-order valence-electron chi connectivity index (χ2n) is 8.36. The number of hydrogen-bond acceptors (Lipinski definition) is 7. The smallest absolute Gasteiger partial charge is 0.419 e. The molecule has 1 N–H and O–H groups in total. The number of fused-ring (bicyclic) bond motifs is 1. The van der Waals surface area contributed by atoms with Crippen LogP contribution in [0.1, 0.15) is 12.0 Å². The molecule has 0 aliphatic carbocycles. The first-order valence-electron chi connectivity index (χ1n) is 10.5. The summed E-state index contributed by atoms with van der Waals surface area (Å²) >= 11 is 0. The van der Waals surface area contributed by atoms with Gasteiger partial charge >= 0.3 is 6.18 Å². The first-order valence-corrected chi connectivity index (χ1v) is 10.5. The molecule has 3 heterocycles. The predicted octanol–water partition coefficient (Wildman–Crippen LogP) is 3.19. The lowest BCUT2D eigenvalue weighted by Crippen LogP contribution is -2.44. The van der Waals surface area contributed by atoms with Crippen molar-refractivity contribution in [1.82, 2.24) is 24.6 Å². The monoisotopic (exact) mass is 486 g/mol. The number of aryl methyl sites for hydroxylation is 1. The summed E-state index contributed by atoms with van der Waals surface area (Å²) < 4.78 is 75.2. The first kappa shape index (κ1) is 24.1. The van der Waals surface area contributed by atoms with E-state index in [1.54, 1.807) is 0 Å². The highest BCUT2D eigenvalue weighted by molar-refractivity contribution is 5.91. The molecule has 1 unspecified atom stereocenters. The third-order valence-electron chi connectivity index (χ3n) is 5.63. The number of aromatic hydroxyl groups is 1. The summed E-state index contributed by atoms with van der Waals surface area (Å²) in [6.45, 7) is 2.43. The molecule has 0 radical (unpaired) electrons. The van der Waals surface area contributed by atoms with Crippen LogP contribution in [-0.2, 0) is 18.0 Å². The molecule has 1 aliphatic heterocycles. The van der Waals surface area contributed by atoms with E-state index in [9.17, 15) is 27.1 Å². The van der Waals surface area contributed by atoms with E-state index < -0.39 is 34.7 Å². The molecule has 184 valence electrons. The number of nitrogens with zero attached hydrogens (tertiary/aromatic N) is 6. The van der Waals surface area contributed by atoms with Gasteiger partial charge in [-0.25, -0.2) is 18.4 Å². The van der Waals surface area contributed by atoms with E-state index in [4.69, 9.17) is 4.74 Å². The number of halogens is 5. The second-order valence-corrected chi connectivity index (χ2v) is 8.36. The van der Waals surface area contributed by atoms with Gasteiger partial charge in [0, 0.05) is 38.4 Å². The number of ether oxygens (including phenoxy) is 1. The molecule has 0 bridgehead atoms. The Morgan fingerprint density at radius 3 is 2.65 bits per heavy atom. The zero-order chi connectivity index (χ0) is 24.8. The molecule has 0 amide bonds. The SMILES string of the molecule is CN(C)CCC1CN(c2ncc3c(-c4cc(C(F)(F)F)c(F)c(O)c4F)nn(C)c3n2)CCO1. The number of phenols is 1. The van der Waals surface area contributed by atoms with Crippen LogP contribution in [0.3, 0.4) is 0 Å². The molecule has 0 saturated carbocycles. The van der Waals surface area contributed by atoms with Gasteiger partial charge in [-0.05, 0) is 26.6 Å². The minimum Gasteiger partial charge on any atom is -0.503 e. The maximum absolute atomic E-state index is 14.6. The van der Waals surface area contributed by atoms with E-state index in [1.165, 1.54) is 17.9 Å². The van der Waals surface area contributed by atoms with Gasteiger partial charge in [-0.15, -0.1) is 0 Å². The lowest BCUT2D eigenvalue weighted by atomic mass is 10.0. The van der Waals surface area contributed by atoms with Crippen molar-refractivity contribution in [3.05, 3.63) is 29.5 Å². The summed E-state index contributed by atoms with van der Waals surface area (Å²) in [6.07, 6.45) is -3.01. The van der Waals surface area contributed by atoms with E-state index in [-0.39, 0.29) is 28.9 Å². The fourth-order valence-electron chi connectivity index (χ4n) is 3.86. The Bertz CT molecular complexity index is 1210. The van der Waals surface area contributed by atoms with Crippen LogP contribution in [0.5, 0.6) is 5.75 Å². The average Bonchev–Trinajstić information content (AvgIpc) is 3.11. The number of anilines is 1. The molecule has 4 rings (SSSR count). The van der Waals surface area contributed by atoms with E-state index in [1.807, 2.05) is 19.0 Å². The number of morpholine rings is 1. The Hall–Kier alpha value is -3.06. The van der Waals surface area contributed by atoms with Gasteiger partial charge < -0.3 is 19.6 Å². The molecule has 1 atom stereocenters. The molecule has 2 aromatic heterocycles. The zero-order valence-corrected chi connectivity index (χ0v) is 18.7. The Kier molecular flexibility index (Phi) is 6.34. The summed E-state index contributed by atoms with van der Waals surface area (Å²) in [7, 11) is 5.44. The molecule has 13 heteroatoms. The van der Waals surface area contributed by atoms with Gasteiger partial charge in [0.25, 0.3) is 0 Å². The fraction of sp³-hybridized carbons (Fsp3) is 0.476. The predicted molar refractivity (Wildman–Crippen MR) is 113 cm³/mol. The van der Waals surface area contributed by atoms with Crippen molar-refractivity contribution in [2.45, 2.75) is 18.7 Å². The highest BCUT2D eigenvalue weighted by Gasteiger charge is 2.38. The molecule has 1 fully saturated rings. The maximum Gasteiger partial charge on any atom is 0.419 e. The minimum absolute atomic E-state index is 0.0189. The van der Waals surface area contributed by atoms with Crippen molar-refractivity contribution in [1.29, 1.82) is 0 Å². The van der Waals surface area contributed by atoms with Gasteiger partial charge in [-0.1, -0.05) is 0 Å². The molecule has 1 aromatic carbocycles. The van der Waals surface area contributed by atoms with Crippen LogP contribution in [0.25, 0.3) is 22.3 Å². The second kappa shape index (κ2) is 8.95. The number of benzene rings is 1. The van der Waals surface area contributed by atoms with Crippen LogP contribution in [0.2, 0.25) is 0 Å². The topological polar surface area (TPSA) is 79.5 Å². The van der Waals surface area contributed by atoms with Crippen molar-refractivity contribution in [2.75, 3.05) is 45.2 Å². The van der Waals surface area contributed by atoms with Crippen LogP contribution in [0.15, 0.2) is 12.3 Å². The lowest BCUT2D eigenvalue weighted by molar-refractivity contribution is -0.140. The van der Waals surface area contributed by atoms with Gasteiger partial charge in [-0.2, -0.15) is 23.3 Å². The minimum atomic E-state index is -5.14. The number of rotatable bonds is 5. The quantitative estimate of drug-likeness (QED) is 0.555. The van der Waals surface area contributed by atoms with Gasteiger partial charge in [0.1, 0.15) is 5.69 Å². The highest BCUT2D eigenvalue weighted by Crippen LogP contribution is 2.41. The number of phenolic OH excluding ortho intramolecular Hbond substituents is 1. The third kappa shape index (κ3) is 4.49. The van der Waals surface area contributed by atoms with Crippen molar-refractivity contribution < 1.29 is 31.8 Å². The van der Waals surface area contributed by atoms with E-state index in [0.717, 1.165) is 13.0 Å². The summed E-state index contributed by atoms with van der Waals surface area (Å²) in [5.41, 5.74) is -2.50. The van der Waals surface area contributed by atoms with Gasteiger partial charge in [-0.3, -0.25) is 0 Å². The Balaban J connectivity index is 1.72. The van der Waals surface area contributed by atoms with E-state index in [2.05, 4.69) is 20.0 Å². The maximum atomic E-state index is 14.6. The zero-order valence-electron chi connectivity index (χ0n) is 18.7. The summed E-state index contributed by atoms with van der Waals surface area (Å²) in [5, 5.41) is 13.9. The summed E-state index contributed by atoms with van der Waals surface area (Å²) in [5.74, 6) is -4.98. The third-order valence-corrected chi connectivity index (χ3v) is 5.63. The molecule has 3 aromatic rings. The van der Waals surface area contributed by atoms with Crippen molar-refractivity contribution in [2.24, 2.45) is 7.05 Å². The molecule has 1 saturated heterocycles. The molecule has 34 heavy (non-hydrogen) atoms. The first-order chi connectivity index (χ1) is 16.0. The molecular weight excluding hydrogens is 463 g/mol. The van der Waals surface area contributed by atoms with Crippen LogP contribution >= 0.6 is 0 Å². The van der Waals surface area contributed by atoms with Crippen LogP contribution in [-0.4, -0.2) is 76.2 Å². The standard InChI is InChI=1S/C21H23F5N6O2/c1-30(2)5-4-11-10-32(6-7-34-11)20-27-9-13-17(29-31(3)19(13)28-20)12-8-14(21(24,25)26)16(23)18(33)15(12)22/h8-9,11,33H,4-7,10H2,1-3H3. The van der Waals surface area contributed by atoms with Crippen LogP contribution in [0.4, 0.5) is 27.9 Å². The van der Waals surface area contributed by atoms with Crippen LogP contribution in [0, 0.1) is 11.6 Å². The normalized spacial score (nSPS) is 17.2. The molecule has 1 aliphatic rings. The molecule has 0 spiro atoms. The summed E-state index contributed by atoms with van der Waals surface area (Å²) in [4.78, 5) is 12.8. The average molecular weight is 486 g/mol. The van der Waals surface area contributed by atoms with Gasteiger partial charge in [0.2, 0.25) is 5.95 Å². The van der Waals surface area contributed by atoms with Gasteiger partial charge in [0.15, 0.2) is 23.0 Å². The van der Waals surface area contributed by atoms with E-state index >= 15 is 0 Å². The number of hydrogen-bond donors (Lipinski definition) is 1.